The first-order chi connectivity index (χ1) is 10.2. The summed E-state index contributed by atoms with van der Waals surface area (Å²) < 4.78 is 0. The van der Waals surface area contributed by atoms with Crippen LogP contribution in [0.3, 0.4) is 0 Å². The molecule has 22 heavy (non-hydrogen) atoms. The molecule has 2 nitrogen and oxygen atoms in total. The average molecular weight is 302 g/mol. The van der Waals surface area contributed by atoms with Gasteiger partial charge in [-0.2, -0.15) is 0 Å². The molecule has 0 amide bonds. The molecule has 0 fully saturated rings. The molecular weight excluding hydrogens is 272 g/mol. The number of carbonyl (C=O) groups excluding carboxylic acids is 1. The summed E-state index contributed by atoms with van der Waals surface area (Å²) in [6.07, 6.45) is 13.4. The van der Waals surface area contributed by atoms with E-state index in [1.807, 2.05) is 32.9 Å². The first kappa shape index (κ1) is 20.3. The van der Waals surface area contributed by atoms with Crippen LogP contribution in [0.2, 0.25) is 0 Å². The lowest BCUT2D eigenvalue weighted by Crippen LogP contribution is -2.15. The second-order valence-electron chi connectivity index (χ2n) is 6.27. The van der Waals surface area contributed by atoms with E-state index in [1.54, 1.807) is 25.2 Å². The Balaban J connectivity index is 4.30. The first-order valence-corrected chi connectivity index (χ1v) is 7.73. The van der Waals surface area contributed by atoms with Gasteiger partial charge in [0.05, 0.1) is 5.60 Å². The Kier molecular flexibility index (Phi) is 9.35. The molecule has 1 atom stereocenters. The third kappa shape index (κ3) is 11.0. The number of rotatable bonds is 9. The van der Waals surface area contributed by atoms with Gasteiger partial charge in [0.2, 0.25) is 0 Å². The van der Waals surface area contributed by atoms with E-state index in [4.69, 9.17) is 0 Å². The minimum absolute atomic E-state index is 0.0688. The summed E-state index contributed by atoms with van der Waals surface area (Å²) in [6, 6.07) is 0. The highest BCUT2D eigenvalue weighted by molar-refractivity contribution is 5.99. The maximum Gasteiger partial charge on any atom is 0.178 e. The first-order valence-electron chi connectivity index (χ1n) is 7.73. The molecule has 122 valence electrons. The van der Waals surface area contributed by atoms with Crippen LogP contribution in [-0.4, -0.2) is 16.5 Å². The van der Waals surface area contributed by atoms with Crippen molar-refractivity contribution < 1.29 is 9.90 Å². The topological polar surface area (TPSA) is 37.3 Å². The SMILES string of the molecule is C=CC(C)(O)/C=C/C=C(\C)CCC/C(C)=C\C(=O)C=C(C)C. The monoisotopic (exact) mass is 302 g/mol. The quantitative estimate of drug-likeness (QED) is 0.366. The molecule has 1 N–H and O–H groups in total. The van der Waals surface area contributed by atoms with E-state index in [0.717, 1.165) is 30.4 Å². The van der Waals surface area contributed by atoms with Crippen molar-refractivity contribution in [3.8, 4) is 0 Å². The van der Waals surface area contributed by atoms with Gasteiger partial charge in [-0.25, -0.2) is 0 Å². The van der Waals surface area contributed by atoms with Crippen molar-refractivity contribution >= 4 is 5.78 Å². The van der Waals surface area contributed by atoms with Crippen molar-refractivity contribution in [3.63, 3.8) is 0 Å². The average Bonchev–Trinajstić information content (AvgIpc) is 2.37. The highest BCUT2D eigenvalue weighted by Gasteiger charge is 2.08. The molecule has 0 aromatic heterocycles. The molecular formula is C20H30O2. The zero-order chi connectivity index (χ0) is 17.2. The molecule has 0 heterocycles. The third-order valence-electron chi connectivity index (χ3n) is 3.19. The molecule has 0 aliphatic rings. The Hall–Kier alpha value is -1.67. The Morgan fingerprint density at radius 1 is 1.09 bits per heavy atom. The second kappa shape index (κ2) is 10.1. The van der Waals surface area contributed by atoms with Gasteiger partial charge in [-0.3, -0.25) is 4.79 Å². The van der Waals surface area contributed by atoms with Gasteiger partial charge in [-0.1, -0.05) is 41.5 Å². The maximum absolute atomic E-state index is 11.6. The summed E-state index contributed by atoms with van der Waals surface area (Å²) in [5, 5.41) is 9.75. The van der Waals surface area contributed by atoms with E-state index in [9.17, 15) is 9.90 Å². The molecule has 0 spiro atoms. The molecule has 0 aromatic carbocycles. The zero-order valence-corrected chi connectivity index (χ0v) is 14.6. The van der Waals surface area contributed by atoms with Gasteiger partial charge in [0.15, 0.2) is 5.78 Å². The minimum atomic E-state index is -0.957. The van der Waals surface area contributed by atoms with E-state index >= 15 is 0 Å². The van der Waals surface area contributed by atoms with Gasteiger partial charge < -0.3 is 5.11 Å². The minimum Gasteiger partial charge on any atom is -0.382 e. The Labute approximate surface area is 135 Å². The molecule has 1 unspecified atom stereocenters. The van der Waals surface area contributed by atoms with E-state index < -0.39 is 5.60 Å². The maximum atomic E-state index is 11.6. The Bertz CT molecular complexity index is 496. The summed E-state index contributed by atoms with van der Waals surface area (Å²) in [6.45, 7) is 13.2. The van der Waals surface area contributed by atoms with Crippen molar-refractivity contribution in [2.75, 3.05) is 0 Å². The van der Waals surface area contributed by atoms with E-state index in [0.29, 0.717) is 0 Å². The summed E-state index contributed by atoms with van der Waals surface area (Å²) >= 11 is 0. The van der Waals surface area contributed by atoms with Crippen molar-refractivity contribution in [1.82, 2.24) is 0 Å². The summed E-state index contributed by atoms with van der Waals surface area (Å²) in [7, 11) is 0. The number of allylic oxidation sites excluding steroid dienone is 7. The lowest BCUT2D eigenvalue weighted by molar-refractivity contribution is -0.110. The number of carbonyl (C=O) groups is 1. The van der Waals surface area contributed by atoms with Gasteiger partial charge in [-0.15, -0.1) is 0 Å². The number of hydrogen-bond acceptors (Lipinski definition) is 2. The van der Waals surface area contributed by atoms with Crippen LogP contribution in [0.4, 0.5) is 0 Å². The standard InChI is InChI=1S/C20H30O2/c1-7-20(6,22)13-9-12-17(4)10-8-11-18(5)15-19(21)14-16(2)3/h7,9,12-15,22H,1,8,10-11H2,2-6H3/b13-9+,17-12+,18-15-. The van der Waals surface area contributed by atoms with Gasteiger partial charge in [0.25, 0.3) is 0 Å². The fourth-order valence-corrected chi connectivity index (χ4v) is 1.85. The lowest BCUT2D eigenvalue weighted by atomic mass is 10.0. The molecule has 0 aromatic rings. The van der Waals surface area contributed by atoms with Crippen LogP contribution in [-0.2, 0) is 4.79 Å². The number of hydrogen-bond donors (Lipinski definition) is 1. The molecule has 0 rings (SSSR count). The molecule has 0 radical (unpaired) electrons. The fourth-order valence-electron chi connectivity index (χ4n) is 1.85. The summed E-state index contributed by atoms with van der Waals surface area (Å²) in [4.78, 5) is 11.6. The predicted molar refractivity (Wildman–Crippen MR) is 95.8 cm³/mol. The van der Waals surface area contributed by atoms with Crippen LogP contribution in [0, 0.1) is 0 Å². The third-order valence-corrected chi connectivity index (χ3v) is 3.19. The molecule has 0 aliphatic heterocycles. The largest absolute Gasteiger partial charge is 0.382 e. The Morgan fingerprint density at radius 3 is 2.23 bits per heavy atom. The molecule has 0 saturated heterocycles. The van der Waals surface area contributed by atoms with Crippen LogP contribution in [0.5, 0.6) is 0 Å². The van der Waals surface area contributed by atoms with Gasteiger partial charge in [0.1, 0.15) is 0 Å². The van der Waals surface area contributed by atoms with Crippen LogP contribution in [0.15, 0.2) is 59.8 Å². The van der Waals surface area contributed by atoms with Gasteiger partial charge >= 0.3 is 0 Å². The molecule has 2 heteroatoms. The smallest absolute Gasteiger partial charge is 0.178 e. The van der Waals surface area contributed by atoms with Crippen LogP contribution >= 0.6 is 0 Å². The van der Waals surface area contributed by atoms with E-state index in [-0.39, 0.29) is 5.78 Å². The van der Waals surface area contributed by atoms with Gasteiger partial charge in [-0.05, 0) is 72.1 Å². The highest BCUT2D eigenvalue weighted by atomic mass is 16.3. The Morgan fingerprint density at radius 2 is 1.68 bits per heavy atom. The van der Waals surface area contributed by atoms with Crippen LogP contribution < -0.4 is 0 Å². The van der Waals surface area contributed by atoms with Crippen LogP contribution in [0.25, 0.3) is 0 Å². The summed E-state index contributed by atoms with van der Waals surface area (Å²) in [5.41, 5.74) is 2.43. The molecule has 0 saturated carbocycles. The summed E-state index contributed by atoms with van der Waals surface area (Å²) in [5.74, 6) is 0.0688. The highest BCUT2D eigenvalue weighted by Crippen LogP contribution is 2.13. The molecule has 0 bridgehead atoms. The van der Waals surface area contributed by atoms with Crippen LogP contribution in [0.1, 0.15) is 53.9 Å². The predicted octanol–water partition coefficient (Wildman–Crippen LogP) is 5.08. The van der Waals surface area contributed by atoms with E-state index in [1.165, 1.54) is 11.6 Å². The fraction of sp³-hybridized carbons (Fsp3) is 0.450. The zero-order valence-electron chi connectivity index (χ0n) is 14.6. The lowest BCUT2D eigenvalue weighted by Gasteiger charge is -2.11. The number of ketones is 1. The number of aliphatic hydroxyl groups is 1. The molecule has 0 aliphatic carbocycles. The van der Waals surface area contributed by atoms with Crippen molar-refractivity contribution in [2.24, 2.45) is 0 Å². The van der Waals surface area contributed by atoms with E-state index in [2.05, 4.69) is 13.5 Å². The van der Waals surface area contributed by atoms with Gasteiger partial charge in [0, 0.05) is 0 Å². The van der Waals surface area contributed by atoms with Crippen molar-refractivity contribution in [3.05, 3.63) is 59.8 Å². The van der Waals surface area contributed by atoms with Crippen molar-refractivity contribution in [1.29, 1.82) is 0 Å². The van der Waals surface area contributed by atoms with Crippen molar-refractivity contribution in [2.45, 2.75) is 59.5 Å². The second-order valence-corrected chi connectivity index (χ2v) is 6.27. The normalized spacial score (nSPS) is 15.5.